The average molecular weight is 385 g/mol. The molecule has 0 saturated carbocycles. The highest BCUT2D eigenvalue weighted by Gasteiger charge is 2.10. The van der Waals surface area contributed by atoms with Gasteiger partial charge < -0.3 is 4.98 Å². The number of H-pyrrole nitrogens is 1. The zero-order chi connectivity index (χ0) is 17.3. The summed E-state index contributed by atoms with van der Waals surface area (Å²) in [6, 6.07) is 9.06. The lowest BCUT2D eigenvalue weighted by Gasteiger charge is -2.09. The molecular formula is C15H14ClFN4O3S. The molecule has 0 radical (unpaired) electrons. The summed E-state index contributed by atoms with van der Waals surface area (Å²) in [7, 11) is -3.92. The van der Waals surface area contributed by atoms with Crippen molar-refractivity contribution in [3.8, 4) is 11.1 Å². The summed E-state index contributed by atoms with van der Waals surface area (Å²) >= 11 is 0. The molecule has 3 aromatic rings. The maximum absolute atomic E-state index is 13.9. The summed E-state index contributed by atoms with van der Waals surface area (Å²) in [5, 5.41) is 5.56. The van der Waals surface area contributed by atoms with Gasteiger partial charge in [-0.1, -0.05) is 6.07 Å². The molecule has 3 rings (SSSR count). The highest BCUT2D eigenvalue weighted by Crippen LogP contribution is 2.27. The van der Waals surface area contributed by atoms with Crippen LogP contribution < -0.4 is 15.4 Å². The van der Waals surface area contributed by atoms with Gasteiger partial charge in [0.15, 0.2) is 0 Å². The van der Waals surface area contributed by atoms with E-state index in [1.54, 1.807) is 18.2 Å². The van der Waals surface area contributed by atoms with Crippen molar-refractivity contribution in [1.82, 2.24) is 14.7 Å². The molecule has 0 spiro atoms. The van der Waals surface area contributed by atoms with Crippen LogP contribution in [0.15, 0.2) is 47.4 Å². The molecule has 0 aliphatic heterocycles. The molecule has 0 aliphatic rings. The fourth-order valence-electron chi connectivity index (χ4n) is 2.37. The summed E-state index contributed by atoms with van der Waals surface area (Å²) in [6.45, 7) is -0.266. The Balaban J connectivity index is 0.00000225. The van der Waals surface area contributed by atoms with E-state index in [4.69, 9.17) is 5.14 Å². The molecule has 0 saturated heterocycles. The van der Waals surface area contributed by atoms with Crippen LogP contribution >= 0.6 is 12.4 Å². The number of pyridine rings is 2. The van der Waals surface area contributed by atoms with E-state index >= 15 is 0 Å². The Morgan fingerprint density at radius 2 is 1.96 bits per heavy atom. The van der Waals surface area contributed by atoms with E-state index in [9.17, 15) is 17.6 Å². The number of benzene rings is 1. The third-order valence-corrected chi connectivity index (χ3v) is 4.00. The number of aromatic amines is 1. The number of rotatable bonds is 4. The van der Waals surface area contributed by atoms with Crippen molar-refractivity contribution in [1.29, 1.82) is 0 Å². The first-order valence-corrected chi connectivity index (χ1v) is 8.42. The van der Waals surface area contributed by atoms with E-state index < -0.39 is 16.0 Å². The molecule has 2 heterocycles. The van der Waals surface area contributed by atoms with Crippen LogP contribution in [0.1, 0.15) is 5.56 Å². The van der Waals surface area contributed by atoms with Crippen LogP contribution in [-0.2, 0) is 16.8 Å². The highest BCUT2D eigenvalue weighted by atomic mass is 35.5. The number of aromatic nitrogens is 2. The van der Waals surface area contributed by atoms with E-state index in [0.29, 0.717) is 16.6 Å². The standard InChI is InChI=1S/C15H13FN4O3S.ClH/c16-13-3-1-9(7-10(13)8-19-24(17,22)23)11-5-6-18-15-12(11)2-4-14(21)20-15;/h1-7,19H,8H2,(H2,17,22,23)(H,18,20,21);1H. The molecule has 7 nitrogen and oxygen atoms in total. The minimum Gasteiger partial charge on any atom is -0.307 e. The van der Waals surface area contributed by atoms with Crippen molar-refractivity contribution in [2.45, 2.75) is 6.54 Å². The van der Waals surface area contributed by atoms with Crippen LogP contribution in [0.3, 0.4) is 0 Å². The van der Waals surface area contributed by atoms with Gasteiger partial charge in [-0.15, -0.1) is 12.4 Å². The molecule has 25 heavy (non-hydrogen) atoms. The molecule has 132 valence electrons. The van der Waals surface area contributed by atoms with Gasteiger partial charge >= 0.3 is 0 Å². The second kappa shape index (κ2) is 7.28. The molecule has 1 aromatic carbocycles. The molecule has 0 fully saturated rings. The molecule has 2 aromatic heterocycles. The van der Waals surface area contributed by atoms with Crippen molar-refractivity contribution in [2.24, 2.45) is 5.14 Å². The maximum atomic E-state index is 13.9. The summed E-state index contributed by atoms with van der Waals surface area (Å²) < 4.78 is 37.9. The first-order valence-electron chi connectivity index (χ1n) is 6.88. The number of hydrogen-bond acceptors (Lipinski definition) is 4. The van der Waals surface area contributed by atoms with Gasteiger partial charge in [0.25, 0.3) is 10.2 Å². The van der Waals surface area contributed by atoms with Crippen molar-refractivity contribution in [3.63, 3.8) is 0 Å². The number of halogens is 2. The Bertz CT molecular complexity index is 1090. The number of nitrogens with one attached hydrogen (secondary N) is 2. The Labute approximate surface area is 148 Å². The summed E-state index contributed by atoms with van der Waals surface area (Å²) in [6.07, 6.45) is 1.53. The molecule has 0 unspecified atom stereocenters. The Morgan fingerprint density at radius 1 is 1.20 bits per heavy atom. The Hall–Kier alpha value is -2.33. The highest BCUT2D eigenvalue weighted by molar-refractivity contribution is 7.87. The van der Waals surface area contributed by atoms with Gasteiger partial charge in [0.05, 0.1) is 0 Å². The first-order chi connectivity index (χ1) is 11.3. The van der Waals surface area contributed by atoms with Gasteiger partial charge in [0.2, 0.25) is 5.56 Å². The second-order valence-corrected chi connectivity index (χ2v) is 6.49. The molecule has 0 atom stereocenters. The van der Waals surface area contributed by atoms with E-state index in [2.05, 4.69) is 14.7 Å². The van der Waals surface area contributed by atoms with Gasteiger partial charge in [-0.25, -0.2) is 14.5 Å². The third-order valence-electron chi connectivity index (χ3n) is 3.45. The van der Waals surface area contributed by atoms with E-state index in [-0.39, 0.29) is 30.1 Å². The molecule has 0 aliphatic carbocycles. The quantitative estimate of drug-likeness (QED) is 0.630. The average Bonchev–Trinajstić information content (AvgIpc) is 2.52. The number of hydrogen-bond donors (Lipinski definition) is 3. The number of nitrogens with two attached hydrogens (primary N) is 1. The zero-order valence-electron chi connectivity index (χ0n) is 12.7. The van der Waals surface area contributed by atoms with Crippen molar-refractivity contribution in [3.05, 3.63) is 64.3 Å². The normalized spacial score (nSPS) is 11.3. The molecule has 0 amide bonds. The van der Waals surface area contributed by atoms with Gasteiger partial charge in [0.1, 0.15) is 11.5 Å². The fourth-order valence-corrected chi connectivity index (χ4v) is 2.72. The van der Waals surface area contributed by atoms with Crippen LogP contribution in [0.2, 0.25) is 0 Å². The number of nitrogens with zero attached hydrogens (tertiary/aromatic N) is 1. The Kier molecular flexibility index (Phi) is 5.53. The van der Waals surface area contributed by atoms with Crippen LogP contribution in [-0.4, -0.2) is 18.4 Å². The van der Waals surface area contributed by atoms with Crippen LogP contribution in [0.4, 0.5) is 4.39 Å². The Morgan fingerprint density at radius 3 is 2.68 bits per heavy atom. The van der Waals surface area contributed by atoms with Crippen molar-refractivity contribution < 1.29 is 12.8 Å². The fraction of sp³-hybridized carbons (Fsp3) is 0.0667. The predicted octanol–water partition coefficient (Wildman–Crippen LogP) is 1.44. The lowest BCUT2D eigenvalue weighted by molar-refractivity contribution is 0.576. The first kappa shape index (κ1) is 19.0. The van der Waals surface area contributed by atoms with Gasteiger partial charge in [0, 0.05) is 29.8 Å². The smallest absolute Gasteiger partial charge is 0.274 e. The van der Waals surface area contributed by atoms with Gasteiger partial charge in [-0.2, -0.15) is 13.1 Å². The van der Waals surface area contributed by atoms with Crippen molar-refractivity contribution in [2.75, 3.05) is 0 Å². The second-order valence-electron chi connectivity index (χ2n) is 5.12. The monoisotopic (exact) mass is 384 g/mol. The summed E-state index contributed by atoms with van der Waals surface area (Å²) in [5.74, 6) is -0.554. The SMILES string of the molecule is Cl.NS(=O)(=O)NCc1cc(-c2ccnc3[nH]c(=O)ccc23)ccc1F. The molecule has 4 N–H and O–H groups in total. The van der Waals surface area contributed by atoms with E-state index in [1.807, 2.05) is 0 Å². The number of fused-ring (bicyclic) bond motifs is 1. The van der Waals surface area contributed by atoms with Gasteiger partial charge in [-0.3, -0.25) is 4.79 Å². The molecule has 0 bridgehead atoms. The van der Waals surface area contributed by atoms with Crippen LogP contribution in [0.5, 0.6) is 0 Å². The molecule has 10 heteroatoms. The lowest BCUT2D eigenvalue weighted by atomic mass is 10.0. The largest absolute Gasteiger partial charge is 0.307 e. The minimum atomic E-state index is -3.92. The summed E-state index contributed by atoms with van der Waals surface area (Å²) in [5.41, 5.74) is 1.67. The van der Waals surface area contributed by atoms with Gasteiger partial charge in [-0.05, 0) is 35.4 Å². The van der Waals surface area contributed by atoms with Crippen LogP contribution in [0.25, 0.3) is 22.2 Å². The third kappa shape index (κ3) is 4.40. The predicted molar refractivity (Wildman–Crippen MR) is 95.0 cm³/mol. The lowest BCUT2D eigenvalue weighted by Crippen LogP contribution is -2.30. The van der Waals surface area contributed by atoms with Crippen LogP contribution in [0, 0.1) is 5.82 Å². The van der Waals surface area contributed by atoms with E-state index in [1.165, 1.54) is 24.4 Å². The minimum absolute atomic E-state index is 0. The topological polar surface area (TPSA) is 118 Å². The maximum Gasteiger partial charge on any atom is 0.274 e. The zero-order valence-corrected chi connectivity index (χ0v) is 14.3. The van der Waals surface area contributed by atoms with E-state index in [0.717, 1.165) is 5.56 Å². The van der Waals surface area contributed by atoms with Crippen molar-refractivity contribution >= 4 is 33.6 Å². The molecular weight excluding hydrogens is 371 g/mol. The summed E-state index contributed by atoms with van der Waals surface area (Å²) in [4.78, 5) is 18.1.